The van der Waals surface area contributed by atoms with Gasteiger partial charge in [-0.05, 0) is 37.3 Å². The maximum Gasteiger partial charge on any atom is 0.177 e. The molecule has 2 aromatic rings. The molecule has 0 atom stereocenters. The molecule has 0 spiro atoms. The fourth-order valence-corrected chi connectivity index (χ4v) is 4.23. The molecule has 0 fully saturated rings. The highest BCUT2D eigenvalue weighted by atomic mass is 79.9. The lowest BCUT2D eigenvalue weighted by Gasteiger charge is -2.28. The zero-order valence-electron chi connectivity index (χ0n) is 15.0. The van der Waals surface area contributed by atoms with Crippen LogP contribution in [0.3, 0.4) is 0 Å². The van der Waals surface area contributed by atoms with E-state index in [2.05, 4.69) is 29.8 Å². The fourth-order valence-electron chi connectivity index (χ4n) is 3.50. The molecular formula is C20H23BrO4. The maximum atomic E-state index is 10.4. The molecule has 1 heterocycles. The van der Waals surface area contributed by atoms with E-state index in [4.69, 9.17) is 9.47 Å². The van der Waals surface area contributed by atoms with Crippen LogP contribution in [0.5, 0.6) is 34.5 Å². The smallest absolute Gasteiger partial charge is 0.177 e. The number of phenolic OH excluding ortho intramolecular Hbond substituents is 2. The second-order valence-corrected chi connectivity index (χ2v) is 6.93. The lowest BCUT2D eigenvalue weighted by molar-refractivity contribution is 0.333. The van der Waals surface area contributed by atoms with Gasteiger partial charge < -0.3 is 19.7 Å². The van der Waals surface area contributed by atoms with Gasteiger partial charge in [0, 0.05) is 21.2 Å². The van der Waals surface area contributed by atoms with Crippen molar-refractivity contribution < 1.29 is 19.7 Å². The number of hydrogen-bond donors (Lipinski definition) is 2. The number of ether oxygens (including phenoxy) is 2. The number of fused-ring (bicyclic) bond motifs is 2. The van der Waals surface area contributed by atoms with Crippen molar-refractivity contribution in [2.45, 2.75) is 53.4 Å². The van der Waals surface area contributed by atoms with Crippen LogP contribution in [-0.2, 0) is 25.7 Å². The van der Waals surface area contributed by atoms with Crippen molar-refractivity contribution in [3.05, 3.63) is 32.8 Å². The van der Waals surface area contributed by atoms with Crippen LogP contribution in [0.2, 0.25) is 0 Å². The first-order valence-electron chi connectivity index (χ1n) is 8.77. The minimum Gasteiger partial charge on any atom is -0.504 e. The second-order valence-electron chi connectivity index (χ2n) is 6.07. The number of benzene rings is 2. The number of phenols is 2. The zero-order valence-corrected chi connectivity index (χ0v) is 16.6. The predicted molar refractivity (Wildman–Crippen MR) is 102 cm³/mol. The highest BCUT2D eigenvalue weighted by Crippen LogP contribution is 2.56. The van der Waals surface area contributed by atoms with Gasteiger partial charge in [0.25, 0.3) is 0 Å². The third-order valence-corrected chi connectivity index (χ3v) is 5.50. The van der Waals surface area contributed by atoms with E-state index in [0.29, 0.717) is 47.0 Å². The molecule has 0 aliphatic carbocycles. The average molecular weight is 407 g/mol. The van der Waals surface area contributed by atoms with Crippen LogP contribution in [-0.4, -0.2) is 10.2 Å². The van der Waals surface area contributed by atoms with Crippen molar-refractivity contribution in [3.63, 3.8) is 0 Å². The van der Waals surface area contributed by atoms with E-state index in [0.717, 1.165) is 22.9 Å². The van der Waals surface area contributed by atoms with Crippen LogP contribution >= 0.6 is 15.9 Å². The van der Waals surface area contributed by atoms with Crippen LogP contribution in [0.1, 0.15) is 49.9 Å². The summed E-state index contributed by atoms with van der Waals surface area (Å²) in [5, 5.41) is 20.7. The largest absolute Gasteiger partial charge is 0.504 e. The molecular weight excluding hydrogens is 384 g/mol. The van der Waals surface area contributed by atoms with Gasteiger partial charge in [-0.2, -0.15) is 0 Å². The number of rotatable bonds is 4. The van der Waals surface area contributed by atoms with Gasteiger partial charge in [0.2, 0.25) is 0 Å². The Balaban J connectivity index is 2.29. The van der Waals surface area contributed by atoms with Gasteiger partial charge in [0.1, 0.15) is 0 Å². The van der Waals surface area contributed by atoms with E-state index in [-0.39, 0.29) is 11.5 Å². The molecule has 134 valence electrons. The molecule has 2 N–H and O–H groups in total. The van der Waals surface area contributed by atoms with E-state index in [9.17, 15) is 10.2 Å². The van der Waals surface area contributed by atoms with Crippen LogP contribution < -0.4 is 9.47 Å². The Kier molecular flexibility index (Phi) is 4.87. The van der Waals surface area contributed by atoms with Crippen molar-refractivity contribution >= 4 is 15.9 Å². The minimum absolute atomic E-state index is 0.115. The standard InChI is InChI=1S/C20H23BrO4/c1-5-10-11(6-2)18-15(9-14(10)21)24-19-12(7-3)16(22)17(23)13(8-4)20(19)25-18/h9,22-23H,5-8H2,1-4H3. The third kappa shape index (κ3) is 2.65. The highest BCUT2D eigenvalue weighted by molar-refractivity contribution is 9.10. The van der Waals surface area contributed by atoms with Gasteiger partial charge in [0.05, 0.1) is 0 Å². The molecule has 0 bridgehead atoms. The number of halogens is 1. The van der Waals surface area contributed by atoms with Crippen LogP contribution in [0.25, 0.3) is 0 Å². The molecule has 0 aromatic heterocycles. The molecule has 3 rings (SSSR count). The molecule has 4 nitrogen and oxygen atoms in total. The lowest BCUT2D eigenvalue weighted by Crippen LogP contribution is -2.09. The van der Waals surface area contributed by atoms with Crippen molar-refractivity contribution in [1.82, 2.24) is 0 Å². The van der Waals surface area contributed by atoms with E-state index in [1.807, 2.05) is 19.9 Å². The van der Waals surface area contributed by atoms with Crippen molar-refractivity contribution in [2.24, 2.45) is 0 Å². The first kappa shape index (κ1) is 17.9. The maximum absolute atomic E-state index is 10.4. The molecule has 0 radical (unpaired) electrons. The third-order valence-electron chi connectivity index (χ3n) is 4.79. The fraction of sp³-hybridized carbons (Fsp3) is 0.400. The Hall–Kier alpha value is -1.88. The molecule has 0 saturated carbocycles. The van der Waals surface area contributed by atoms with Crippen LogP contribution in [0.15, 0.2) is 10.5 Å². The number of hydrogen-bond acceptors (Lipinski definition) is 4. The van der Waals surface area contributed by atoms with Gasteiger partial charge in [-0.25, -0.2) is 0 Å². The number of aromatic hydroxyl groups is 2. The van der Waals surface area contributed by atoms with Gasteiger partial charge in [-0.1, -0.05) is 43.6 Å². The SMILES string of the molecule is CCc1c(Br)cc2c(c1CC)Oc1c(CC)c(O)c(O)c(CC)c1O2. The van der Waals surface area contributed by atoms with Gasteiger partial charge in [-0.3, -0.25) is 0 Å². The summed E-state index contributed by atoms with van der Waals surface area (Å²) in [6.45, 7) is 8.03. The van der Waals surface area contributed by atoms with Crippen molar-refractivity contribution in [1.29, 1.82) is 0 Å². The molecule has 1 aliphatic heterocycles. The second kappa shape index (κ2) is 6.79. The Morgan fingerprint density at radius 2 is 1.20 bits per heavy atom. The quantitative estimate of drug-likeness (QED) is 0.520. The molecule has 0 saturated heterocycles. The zero-order chi connectivity index (χ0) is 18.3. The van der Waals surface area contributed by atoms with E-state index >= 15 is 0 Å². The first-order chi connectivity index (χ1) is 12.0. The van der Waals surface area contributed by atoms with E-state index in [1.54, 1.807) is 0 Å². The summed E-state index contributed by atoms with van der Waals surface area (Å²) in [5.74, 6) is 2.12. The van der Waals surface area contributed by atoms with Gasteiger partial charge in [-0.15, -0.1) is 0 Å². The summed E-state index contributed by atoms with van der Waals surface area (Å²) in [4.78, 5) is 0. The van der Waals surface area contributed by atoms with E-state index in [1.165, 1.54) is 5.56 Å². The van der Waals surface area contributed by atoms with Gasteiger partial charge >= 0.3 is 0 Å². The summed E-state index contributed by atoms with van der Waals surface area (Å²) in [6.07, 6.45) is 2.76. The first-order valence-corrected chi connectivity index (χ1v) is 9.57. The van der Waals surface area contributed by atoms with E-state index < -0.39 is 0 Å². The molecule has 2 aromatic carbocycles. The summed E-state index contributed by atoms with van der Waals surface area (Å²) in [5.41, 5.74) is 3.43. The lowest BCUT2D eigenvalue weighted by atomic mass is 9.98. The molecule has 0 amide bonds. The predicted octanol–water partition coefficient (Wildman–Crippen LogP) is 6.01. The van der Waals surface area contributed by atoms with Crippen LogP contribution in [0.4, 0.5) is 0 Å². The normalized spacial score (nSPS) is 12.2. The summed E-state index contributed by atoms with van der Waals surface area (Å²) in [6, 6.07) is 1.92. The summed E-state index contributed by atoms with van der Waals surface area (Å²) in [7, 11) is 0. The van der Waals surface area contributed by atoms with Crippen molar-refractivity contribution in [3.8, 4) is 34.5 Å². The topological polar surface area (TPSA) is 58.9 Å². The Bertz CT molecular complexity index is 843. The van der Waals surface area contributed by atoms with Crippen LogP contribution in [0, 0.1) is 0 Å². The summed E-state index contributed by atoms with van der Waals surface area (Å²) < 4.78 is 13.4. The summed E-state index contributed by atoms with van der Waals surface area (Å²) >= 11 is 3.63. The monoisotopic (exact) mass is 406 g/mol. The molecule has 5 heteroatoms. The average Bonchev–Trinajstić information content (AvgIpc) is 2.61. The molecule has 0 unspecified atom stereocenters. The highest BCUT2D eigenvalue weighted by Gasteiger charge is 2.32. The molecule has 25 heavy (non-hydrogen) atoms. The van der Waals surface area contributed by atoms with Crippen molar-refractivity contribution in [2.75, 3.05) is 0 Å². The molecule has 1 aliphatic rings. The minimum atomic E-state index is -0.120. The Labute approximate surface area is 156 Å². The Morgan fingerprint density at radius 3 is 1.68 bits per heavy atom. The Morgan fingerprint density at radius 1 is 0.720 bits per heavy atom. The van der Waals surface area contributed by atoms with Gasteiger partial charge in [0.15, 0.2) is 34.5 Å².